The van der Waals surface area contributed by atoms with E-state index in [1.54, 1.807) is 0 Å². The zero-order valence-corrected chi connectivity index (χ0v) is 7.78. The van der Waals surface area contributed by atoms with Crippen LogP contribution in [0.3, 0.4) is 0 Å². The Hall–Kier alpha value is 1.24. The molecule has 0 unspecified atom stereocenters. The van der Waals surface area contributed by atoms with Crippen LogP contribution in [0.1, 0.15) is 0 Å². The average Bonchev–Trinajstić information content (AvgIpc) is 1.38. The van der Waals surface area contributed by atoms with Crippen molar-refractivity contribution in [1.29, 1.82) is 0 Å². The number of hydrogen-bond acceptors (Lipinski definition) is 1. The highest BCUT2D eigenvalue weighted by atomic mass is 27.0. The van der Waals surface area contributed by atoms with Gasteiger partial charge in [-0.05, 0) is 6.08 Å². The van der Waals surface area contributed by atoms with E-state index in [0.717, 1.165) is 0 Å². The van der Waals surface area contributed by atoms with E-state index in [1.807, 2.05) is 16.3 Å². The lowest BCUT2D eigenvalue weighted by molar-refractivity contribution is -0.107. The van der Waals surface area contributed by atoms with Crippen molar-refractivity contribution >= 4 is 61.3 Å². The van der Waals surface area contributed by atoms with Crippen molar-refractivity contribution in [2.24, 2.45) is 0 Å². The second-order valence-electron chi connectivity index (χ2n) is 0.606. The van der Waals surface area contributed by atoms with Gasteiger partial charge >= 0.3 is 0 Å². The van der Waals surface area contributed by atoms with Crippen molar-refractivity contribution < 1.29 is 4.79 Å². The number of carbonyl (C=O) groups is 1. The predicted octanol–water partition coefficient (Wildman–Crippen LogP) is -0.894. The topological polar surface area (TPSA) is 17.1 Å². The van der Waals surface area contributed by atoms with Crippen LogP contribution in [0, 0.1) is 0 Å². The molecule has 7 radical (unpaired) electrons. The van der Waals surface area contributed by atoms with Gasteiger partial charge in [0.1, 0.15) is 0 Å². The molecule has 29 valence electrons. The number of hydrogen-bond donors (Lipinski definition) is 0. The molecular formula is C3H3Al2MgO. The van der Waals surface area contributed by atoms with E-state index in [4.69, 9.17) is 0 Å². The Morgan fingerprint density at radius 1 is 1.71 bits per heavy atom. The molecule has 0 heterocycles. The van der Waals surface area contributed by atoms with Crippen LogP contribution >= 0.6 is 0 Å². The molecule has 0 aromatic carbocycles. The van der Waals surface area contributed by atoms with Gasteiger partial charge in [0, 0.05) is 45.1 Å². The van der Waals surface area contributed by atoms with E-state index in [0.29, 0.717) is 0 Å². The van der Waals surface area contributed by atoms with Gasteiger partial charge in [-0.1, -0.05) is 6.58 Å². The van der Waals surface area contributed by atoms with E-state index in [9.17, 15) is 4.79 Å². The third kappa shape index (κ3) is 18.9. The molecule has 0 fully saturated rings. The summed E-state index contributed by atoms with van der Waals surface area (Å²) in [5.74, 6) is 0. The second-order valence-corrected chi connectivity index (χ2v) is 1.18. The minimum Gasteiger partial charge on any atom is -0.319 e. The molecule has 4 heteroatoms. The summed E-state index contributed by atoms with van der Waals surface area (Å²) in [4.78, 5) is 9.66. The minimum absolute atomic E-state index is 0. The van der Waals surface area contributed by atoms with Crippen molar-refractivity contribution in [3.63, 3.8) is 0 Å². The Morgan fingerprint density at radius 2 is 1.86 bits per heavy atom. The summed E-state index contributed by atoms with van der Waals surface area (Å²) < 4.78 is -0.0648. The fraction of sp³-hybridized carbons (Fsp3) is 0. The van der Waals surface area contributed by atoms with Crippen LogP contribution < -0.4 is 0 Å². The third-order valence-electron chi connectivity index (χ3n) is 0.201. The highest BCUT2D eigenvalue weighted by Crippen LogP contribution is 1.53. The molecule has 0 amide bonds. The Bertz CT molecular complexity index is 64.0. The lowest BCUT2D eigenvalue weighted by atomic mass is 10.7. The Kier molecular flexibility index (Phi) is 23.1. The average molecular weight is 133 g/mol. The first-order valence-corrected chi connectivity index (χ1v) is 1.77. The molecule has 0 spiro atoms. The van der Waals surface area contributed by atoms with Crippen LogP contribution in [0.5, 0.6) is 0 Å². The SMILES string of the molecule is C=C[C](=O)[Al].[Al].[Mg]. The fourth-order valence-electron chi connectivity index (χ4n) is 0. The lowest BCUT2D eigenvalue weighted by Crippen LogP contribution is -1.84. The van der Waals surface area contributed by atoms with Crippen LogP contribution in [0.4, 0.5) is 0 Å². The van der Waals surface area contributed by atoms with E-state index in [-0.39, 0.29) is 45.1 Å². The summed E-state index contributed by atoms with van der Waals surface area (Å²) in [7, 11) is 0. The molecule has 0 bridgehead atoms. The van der Waals surface area contributed by atoms with E-state index in [1.165, 1.54) is 6.08 Å². The van der Waals surface area contributed by atoms with Gasteiger partial charge in [-0.25, -0.2) is 0 Å². The molecule has 7 heavy (non-hydrogen) atoms. The Balaban J connectivity index is -0.0000000800. The third-order valence-corrected chi connectivity index (χ3v) is 0.437. The molecule has 0 aliphatic rings. The molecular weight excluding hydrogens is 130 g/mol. The molecule has 0 N–H and O–H groups in total. The molecule has 0 atom stereocenters. The quantitative estimate of drug-likeness (QED) is 0.335. The van der Waals surface area contributed by atoms with Gasteiger partial charge in [-0.3, -0.25) is 0 Å². The second kappa shape index (κ2) is 10.3. The summed E-state index contributed by atoms with van der Waals surface area (Å²) in [6, 6.07) is 0. The van der Waals surface area contributed by atoms with Crippen molar-refractivity contribution in [2.45, 2.75) is 0 Å². The van der Waals surface area contributed by atoms with Crippen LogP contribution in [0.15, 0.2) is 12.7 Å². The van der Waals surface area contributed by atoms with Crippen LogP contribution in [0.2, 0.25) is 0 Å². The summed E-state index contributed by atoms with van der Waals surface area (Å²) in [5, 5.41) is 0. The molecule has 0 saturated heterocycles. The van der Waals surface area contributed by atoms with Gasteiger partial charge in [0.2, 0.25) is 16.3 Å². The zero-order valence-electron chi connectivity index (χ0n) is 4.05. The van der Waals surface area contributed by atoms with E-state index >= 15 is 0 Å². The zero-order chi connectivity index (χ0) is 4.28. The molecule has 1 nitrogen and oxygen atoms in total. The van der Waals surface area contributed by atoms with E-state index < -0.39 is 0 Å². The maximum Gasteiger partial charge on any atom is 0.249 e. The number of carbonyl (C=O) groups excluding carboxylic acids is 1. The van der Waals surface area contributed by atoms with E-state index in [2.05, 4.69) is 6.58 Å². The molecule has 0 aromatic heterocycles. The first kappa shape index (κ1) is 15.7. The number of allylic oxidation sites excluding steroid dienone is 1. The predicted molar refractivity (Wildman–Crippen MR) is 32.5 cm³/mol. The Labute approximate surface area is 78.2 Å². The van der Waals surface area contributed by atoms with Gasteiger partial charge in [0.25, 0.3) is 0 Å². The molecule has 0 aromatic rings. The highest BCUT2D eigenvalue weighted by molar-refractivity contribution is 6.60. The van der Waals surface area contributed by atoms with Crippen molar-refractivity contribution in [2.75, 3.05) is 0 Å². The van der Waals surface area contributed by atoms with Crippen LogP contribution in [-0.4, -0.2) is 61.3 Å². The van der Waals surface area contributed by atoms with Crippen molar-refractivity contribution in [3.8, 4) is 0 Å². The molecule has 0 saturated carbocycles. The Morgan fingerprint density at radius 3 is 1.86 bits per heavy atom. The molecule has 0 rings (SSSR count). The monoisotopic (exact) mass is 133 g/mol. The fourth-order valence-corrected chi connectivity index (χ4v) is 0. The summed E-state index contributed by atoms with van der Waals surface area (Å²) in [5.41, 5.74) is 0. The summed E-state index contributed by atoms with van der Waals surface area (Å²) in [6.07, 6.45) is 1.24. The standard InChI is InChI=1S/C3H3O.2Al.Mg/c1-2-3-4;;;/h2H,1H2;;;. The first-order chi connectivity index (χ1) is 2.27. The first-order valence-electron chi connectivity index (χ1n) is 1.19. The largest absolute Gasteiger partial charge is 0.319 e. The van der Waals surface area contributed by atoms with Crippen LogP contribution in [-0.2, 0) is 4.79 Å². The maximum atomic E-state index is 9.66. The van der Waals surface area contributed by atoms with Gasteiger partial charge in [0.05, 0.1) is 0 Å². The van der Waals surface area contributed by atoms with Gasteiger partial charge in [-0.2, -0.15) is 0 Å². The summed E-state index contributed by atoms with van der Waals surface area (Å²) >= 11 is 1.98. The highest BCUT2D eigenvalue weighted by Gasteiger charge is 1.68. The lowest BCUT2D eigenvalue weighted by Gasteiger charge is -1.64. The number of rotatable bonds is 1. The summed E-state index contributed by atoms with van der Waals surface area (Å²) in [6.45, 7) is 3.19. The molecule has 0 aliphatic carbocycles. The minimum atomic E-state index is -0.0648. The van der Waals surface area contributed by atoms with Gasteiger partial charge in [-0.15, -0.1) is 0 Å². The van der Waals surface area contributed by atoms with Gasteiger partial charge in [0.15, 0.2) is 0 Å². The van der Waals surface area contributed by atoms with Gasteiger partial charge < -0.3 is 4.79 Å². The van der Waals surface area contributed by atoms with Crippen LogP contribution in [0.25, 0.3) is 0 Å². The van der Waals surface area contributed by atoms with Crippen molar-refractivity contribution in [1.82, 2.24) is 0 Å². The molecule has 0 aliphatic heterocycles. The smallest absolute Gasteiger partial charge is 0.249 e. The van der Waals surface area contributed by atoms with Crippen molar-refractivity contribution in [3.05, 3.63) is 12.7 Å². The maximum absolute atomic E-state index is 9.66. The normalized spacial score (nSPS) is 4.57.